The standard InChI is InChI=1S/C53H32N4O/c1-2-13-33(14-3-1)35-18-10-19-36(29-35)37-20-11-21-40(30-37)51-54-52(44-25-12-24-42-45-31-38-16-4-5-17-39(38)32-48(45)58-50(42)44)56-53(55-51)57-46-26-9-8-23-43(46)49-41-22-7-6-15-34(41)27-28-47(49)57/h1-32H. The molecular weight excluding hydrogens is 709 g/mol. The van der Waals surface area contributed by atoms with Gasteiger partial charge in [0.15, 0.2) is 11.6 Å². The summed E-state index contributed by atoms with van der Waals surface area (Å²) in [7, 11) is 0. The van der Waals surface area contributed by atoms with Crippen molar-refractivity contribution in [3.05, 3.63) is 194 Å². The SMILES string of the molecule is c1ccc(-c2cccc(-c3cccc(-c4nc(-c5cccc6c5oc5cc7ccccc7cc56)nc(-n5c6ccccc6c6c7ccccc7ccc65)n4)c3)c2)cc1. The quantitative estimate of drug-likeness (QED) is 0.176. The lowest BCUT2D eigenvalue weighted by atomic mass is 9.98. The summed E-state index contributed by atoms with van der Waals surface area (Å²) in [5.41, 5.74) is 9.87. The zero-order valence-corrected chi connectivity index (χ0v) is 31.2. The van der Waals surface area contributed by atoms with Crippen molar-refractivity contribution < 1.29 is 4.42 Å². The molecule has 0 unspecified atom stereocenters. The molecule has 0 saturated heterocycles. The first kappa shape index (κ1) is 32.4. The second kappa shape index (κ2) is 12.8. The number of rotatable bonds is 5. The highest BCUT2D eigenvalue weighted by atomic mass is 16.3. The smallest absolute Gasteiger partial charge is 0.238 e. The molecule has 270 valence electrons. The van der Waals surface area contributed by atoms with E-state index in [1.807, 2.05) is 6.07 Å². The molecule has 12 aromatic rings. The molecule has 0 radical (unpaired) electrons. The molecule has 5 heteroatoms. The second-order valence-electron chi connectivity index (χ2n) is 14.8. The third kappa shape index (κ3) is 5.14. The van der Waals surface area contributed by atoms with Gasteiger partial charge in [0.1, 0.15) is 11.2 Å². The van der Waals surface area contributed by atoms with Crippen LogP contribution in [-0.2, 0) is 0 Å². The lowest BCUT2D eigenvalue weighted by Crippen LogP contribution is -2.06. The molecule has 0 amide bonds. The summed E-state index contributed by atoms with van der Waals surface area (Å²) in [6.45, 7) is 0. The van der Waals surface area contributed by atoms with E-state index in [-0.39, 0.29) is 0 Å². The Morgan fingerprint density at radius 2 is 0.966 bits per heavy atom. The largest absolute Gasteiger partial charge is 0.455 e. The van der Waals surface area contributed by atoms with Gasteiger partial charge in [-0.05, 0) is 86.3 Å². The summed E-state index contributed by atoms with van der Waals surface area (Å²) in [6.07, 6.45) is 0. The fraction of sp³-hybridized carbons (Fsp3) is 0. The number of hydrogen-bond donors (Lipinski definition) is 0. The van der Waals surface area contributed by atoms with Gasteiger partial charge in [-0.15, -0.1) is 0 Å². The van der Waals surface area contributed by atoms with Gasteiger partial charge in [0.05, 0.1) is 16.6 Å². The minimum Gasteiger partial charge on any atom is -0.455 e. The van der Waals surface area contributed by atoms with Gasteiger partial charge < -0.3 is 4.42 Å². The van der Waals surface area contributed by atoms with Gasteiger partial charge in [0, 0.05) is 27.1 Å². The molecule has 9 aromatic carbocycles. The maximum Gasteiger partial charge on any atom is 0.238 e. The van der Waals surface area contributed by atoms with E-state index in [1.165, 1.54) is 32.7 Å². The van der Waals surface area contributed by atoms with Crippen LogP contribution < -0.4 is 0 Å². The predicted octanol–water partition coefficient (Wildman–Crippen LogP) is 13.8. The molecule has 0 aliphatic rings. The summed E-state index contributed by atoms with van der Waals surface area (Å²) >= 11 is 0. The zero-order chi connectivity index (χ0) is 38.2. The molecule has 0 fully saturated rings. The fourth-order valence-corrected chi connectivity index (χ4v) is 8.68. The van der Waals surface area contributed by atoms with Crippen molar-refractivity contribution in [3.63, 3.8) is 0 Å². The monoisotopic (exact) mass is 740 g/mol. The van der Waals surface area contributed by atoms with E-state index in [4.69, 9.17) is 19.4 Å². The number of benzene rings is 9. The summed E-state index contributed by atoms with van der Waals surface area (Å²) in [5, 5.41) is 9.07. The minimum absolute atomic E-state index is 0.539. The van der Waals surface area contributed by atoms with Gasteiger partial charge >= 0.3 is 0 Å². The van der Waals surface area contributed by atoms with Crippen LogP contribution in [0.1, 0.15) is 0 Å². The van der Waals surface area contributed by atoms with Crippen molar-refractivity contribution in [2.75, 3.05) is 0 Å². The summed E-state index contributed by atoms with van der Waals surface area (Å²) in [6, 6.07) is 68.1. The molecule has 0 aliphatic carbocycles. The number of fused-ring (bicyclic) bond motifs is 9. The van der Waals surface area contributed by atoms with E-state index in [2.05, 4.69) is 193 Å². The van der Waals surface area contributed by atoms with Gasteiger partial charge in [0.2, 0.25) is 5.95 Å². The highest BCUT2D eigenvalue weighted by Crippen LogP contribution is 2.40. The van der Waals surface area contributed by atoms with Gasteiger partial charge in [-0.3, -0.25) is 4.57 Å². The van der Waals surface area contributed by atoms with Crippen molar-refractivity contribution >= 4 is 65.3 Å². The average Bonchev–Trinajstić information content (AvgIpc) is 3.84. The minimum atomic E-state index is 0.539. The molecular formula is C53H32N4O. The Balaban J connectivity index is 1.11. The number of para-hydroxylation sites is 2. The van der Waals surface area contributed by atoms with Crippen LogP contribution >= 0.6 is 0 Å². The van der Waals surface area contributed by atoms with Gasteiger partial charge in [-0.1, -0.05) is 152 Å². The molecule has 5 nitrogen and oxygen atoms in total. The molecule has 0 atom stereocenters. The third-order valence-corrected chi connectivity index (χ3v) is 11.4. The molecule has 12 rings (SSSR count). The van der Waals surface area contributed by atoms with Crippen LogP contribution in [-0.4, -0.2) is 19.5 Å². The Labute approximate surface area is 333 Å². The Morgan fingerprint density at radius 3 is 1.79 bits per heavy atom. The number of hydrogen-bond acceptors (Lipinski definition) is 4. The van der Waals surface area contributed by atoms with E-state index in [1.54, 1.807) is 0 Å². The van der Waals surface area contributed by atoms with Crippen molar-refractivity contribution in [2.24, 2.45) is 0 Å². The number of nitrogens with zero attached hydrogens (tertiary/aromatic N) is 4. The fourth-order valence-electron chi connectivity index (χ4n) is 8.68. The molecule has 58 heavy (non-hydrogen) atoms. The zero-order valence-electron chi connectivity index (χ0n) is 31.2. The van der Waals surface area contributed by atoms with Gasteiger partial charge in [-0.2, -0.15) is 9.97 Å². The summed E-state index contributed by atoms with van der Waals surface area (Å²) in [5.74, 6) is 1.65. The van der Waals surface area contributed by atoms with Crippen LogP contribution in [0, 0.1) is 0 Å². The third-order valence-electron chi connectivity index (χ3n) is 11.4. The van der Waals surface area contributed by atoms with E-state index in [9.17, 15) is 0 Å². The van der Waals surface area contributed by atoms with Crippen LogP contribution in [0.15, 0.2) is 199 Å². The van der Waals surface area contributed by atoms with Crippen LogP contribution in [0.3, 0.4) is 0 Å². The normalized spacial score (nSPS) is 11.8. The Bertz CT molecular complexity index is 3580. The molecule has 0 spiro atoms. The number of furan rings is 1. The van der Waals surface area contributed by atoms with Gasteiger partial charge in [-0.25, -0.2) is 4.98 Å². The highest BCUT2D eigenvalue weighted by Gasteiger charge is 2.21. The first-order valence-corrected chi connectivity index (χ1v) is 19.5. The number of aromatic nitrogens is 4. The van der Waals surface area contributed by atoms with Crippen molar-refractivity contribution in [2.45, 2.75) is 0 Å². The van der Waals surface area contributed by atoms with Crippen molar-refractivity contribution in [1.82, 2.24) is 19.5 Å². The molecule has 0 saturated carbocycles. The summed E-state index contributed by atoms with van der Waals surface area (Å²) in [4.78, 5) is 15.9. The van der Waals surface area contributed by atoms with Crippen molar-refractivity contribution in [3.8, 4) is 51.0 Å². The van der Waals surface area contributed by atoms with Crippen LogP contribution in [0.25, 0.3) is 116 Å². The van der Waals surface area contributed by atoms with E-state index < -0.39 is 0 Å². The molecule has 0 bridgehead atoms. The average molecular weight is 741 g/mol. The first-order chi connectivity index (χ1) is 28.7. The Kier molecular flexibility index (Phi) is 7.16. The van der Waals surface area contributed by atoms with E-state index in [0.717, 1.165) is 66.0 Å². The Morgan fingerprint density at radius 1 is 0.362 bits per heavy atom. The lowest BCUT2D eigenvalue weighted by Gasteiger charge is -2.12. The molecule has 3 heterocycles. The second-order valence-corrected chi connectivity index (χ2v) is 14.8. The highest BCUT2D eigenvalue weighted by molar-refractivity contribution is 6.21. The first-order valence-electron chi connectivity index (χ1n) is 19.5. The van der Waals surface area contributed by atoms with Crippen molar-refractivity contribution in [1.29, 1.82) is 0 Å². The molecule has 0 N–H and O–H groups in total. The van der Waals surface area contributed by atoms with Crippen LogP contribution in [0.5, 0.6) is 0 Å². The maximum atomic E-state index is 6.73. The van der Waals surface area contributed by atoms with Crippen LogP contribution in [0.4, 0.5) is 0 Å². The Hall–Kier alpha value is -7.89. The predicted molar refractivity (Wildman–Crippen MR) is 238 cm³/mol. The summed E-state index contributed by atoms with van der Waals surface area (Å²) < 4.78 is 8.91. The lowest BCUT2D eigenvalue weighted by molar-refractivity contribution is 0.670. The topological polar surface area (TPSA) is 56.7 Å². The van der Waals surface area contributed by atoms with E-state index >= 15 is 0 Å². The molecule has 3 aromatic heterocycles. The molecule has 0 aliphatic heterocycles. The van der Waals surface area contributed by atoms with Gasteiger partial charge in [0.25, 0.3) is 0 Å². The maximum absolute atomic E-state index is 6.73. The van der Waals surface area contributed by atoms with Crippen LogP contribution in [0.2, 0.25) is 0 Å². The van der Waals surface area contributed by atoms with E-state index in [0.29, 0.717) is 17.6 Å².